The minimum atomic E-state index is -3.59. The van der Waals surface area contributed by atoms with Crippen LogP contribution in [0, 0.1) is 0 Å². The number of benzene rings is 2. The lowest BCUT2D eigenvalue weighted by molar-refractivity contribution is 0.0746. The molecule has 3 rings (SSSR count). The van der Waals surface area contributed by atoms with Gasteiger partial charge in [0.1, 0.15) is 5.75 Å². The van der Waals surface area contributed by atoms with Crippen LogP contribution in [0.15, 0.2) is 53.4 Å². The molecule has 1 fully saturated rings. The summed E-state index contributed by atoms with van der Waals surface area (Å²) >= 11 is 0. The number of hydrogen-bond donors (Lipinski definition) is 2. The predicted octanol–water partition coefficient (Wildman–Crippen LogP) is 2.43. The van der Waals surface area contributed by atoms with Gasteiger partial charge in [0.2, 0.25) is 10.0 Å². The first-order valence-corrected chi connectivity index (χ1v) is 11.2. The zero-order valence-corrected chi connectivity index (χ0v) is 17.5. The van der Waals surface area contributed by atoms with Gasteiger partial charge in [-0.05, 0) is 49.7 Å². The van der Waals surface area contributed by atoms with E-state index in [0.29, 0.717) is 38.2 Å². The van der Waals surface area contributed by atoms with Crippen LogP contribution in [0.25, 0.3) is 0 Å². The second-order valence-corrected chi connectivity index (χ2v) is 8.94. The summed E-state index contributed by atoms with van der Waals surface area (Å²) in [6.45, 7) is 6.02. The number of rotatable bonds is 6. The topological polar surface area (TPSA) is 90.0 Å². The second kappa shape index (κ2) is 8.84. The Hall–Kier alpha value is -2.58. The lowest BCUT2D eigenvalue weighted by Gasteiger charge is -2.36. The van der Waals surface area contributed by atoms with Crippen LogP contribution in [0.4, 0.5) is 5.69 Å². The van der Waals surface area contributed by atoms with E-state index < -0.39 is 10.0 Å². The van der Waals surface area contributed by atoms with Gasteiger partial charge >= 0.3 is 0 Å². The number of carbonyl (C=O) groups is 1. The van der Waals surface area contributed by atoms with Crippen LogP contribution in [0.1, 0.15) is 30.6 Å². The van der Waals surface area contributed by atoms with Crippen molar-refractivity contribution >= 4 is 21.6 Å². The third-order valence-electron chi connectivity index (χ3n) is 5.17. The summed E-state index contributed by atoms with van der Waals surface area (Å²) in [5.41, 5.74) is 1.23. The Bertz CT molecular complexity index is 952. The quantitative estimate of drug-likeness (QED) is 0.753. The van der Waals surface area contributed by atoms with Gasteiger partial charge in [0.05, 0.1) is 10.6 Å². The van der Waals surface area contributed by atoms with Gasteiger partial charge in [0.25, 0.3) is 5.91 Å². The zero-order valence-electron chi connectivity index (χ0n) is 16.7. The summed E-state index contributed by atoms with van der Waals surface area (Å²) in [6, 6.07) is 13.1. The van der Waals surface area contributed by atoms with E-state index in [1.165, 1.54) is 12.1 Å². The number of phenols is 1. The number of nitrogens with one attached hydrogen (secondary N) is 1. The molecule has 0 saturated carbocycles. The summed E-state index contributed by atoms with van der Waals surface area (Å²) in [5.74, 6) is 0.107. The van der Waals surface area contributed by atoms with Gasteiger partial charge in [-0.25, -0.2) is 13.1 Å². The molecule has 29 heavy (non-hydrogen) atoms. The SMILES string of the molecule is CCC(C)NS(=O)(=O)c1ccc(C(=O)N2CCN(c3ccccc3O)CC2)cc1. The number of carbonyl (C=O) groups excluding carboxylic acids is 1. The first-order chi connectivity index (χ1) is 13.8. The monoisotopic (exact) mass is 417 g/mol. The van der Waals surface area contributed by atoms with E-state index in [9.17, 15) is 18.3 Å². The Labute approximate surface area is 172 Å². The van der Waals surface area contributed by atoms with Gasteiger partial charge in [-0.15, -0.1) is 0 Å². The molecule has 1 unspecified atom stereocenters. The van der Waals surface area contributed by atoms with Gasteiger partial charge in [0, 0.05) is 37.8 Å². The molecule has 1 heterocycles. The summed E-state index contributed by atoms with van der Waals surface area (Å²) < 4.78 is 27.3. The molecular weight excluding hydrogens is 390 g/mol. The molecule has 1 aliphatic heterocycles. The van der Waals surface area contributed by atoms with E-state index in [1.54, 1.807) is 29.2 Å². The highest BCUT2D eigenvalue weighted by Crippen LogP contribution is 2.27. The molecule has 1 aliphatic rings. The molecule has 1 saturated heterocycles. The molecular formula is C21H27N3O4S. The molecule has 7 nitrogen and oxygen atoms in total. The highest BCUT2D eigenvalue weighted by molar-refractivity contribution is 7.89. The van der Waals surface area contributed by atoms with Gasteiger partial charge in [-0.3, -0.25) is 4.79 Å². The maximum Gasteiger partial charge on any atom is 0.253 e. The van der Waals surface area contributed by atoms with Crippen molar-refractivity contribution in [3.8, 4) is 5.75 Å². The Balaban J connectivity index is 1.64. The molecule has 0 radical (unpaired) electrons. The number of sulfonamides is 1. The van der Waals surface area contributed by atoms with E-state index >= 15 is 0 Å². The Morgan fingerprint density at radius 2 is 1.69 bits per heavy atom. The molecule has 1 amide bonds. The average molecular weight is 418 g/mol. The highest BCUT2D eigenvalue weighted by atomic mass is 32.2. The second-order valence-electron chi connectivity index (χ2n) is 7.22. The lowest BCUT2D eigenvalue weighted by atomic mass is 10.1. The fourth-order valence-corrected chi connectivity index (χ4v) is 4.58. The van der Waals surface area contributed by atoms with E-state index in [4.69, 9.17) is 0 Å². The van der Waals surface area contributed by atoms with Crippen molar-refractivity contribution in [2.24, 2.45) is 0 Å². The highest BCUT2D eigenvalue weighted by Gasteiger charge is 2.24. The third kappa shape index (κ3) is 4.89. The number of para-hydroxylation sites is 2. The van der Waals surface area contributed by atoms with Crippen LogP contribution in [-0.2, 0) is 10.0 Å². The minimum absolute atomic E-state index is 0.124. The van der Waals surface area contributed by atoms with Crippen molar-refractivity contribution in [3.63, 3.8) is 0 Å². The molecule has 2 N–H and O–H groups in total. The Morgan fingerprint density at radius 1 is 1.07 bits per heavy atom. The molecule has 0 aromatic heterocycles. The number of hydrogen-bond acceptors (Lipinski definition) is 5. The van der Waals surface area contributed by atoms with Crippen molar-refractivity contribution in [2.75, 3.05) is 31.1 Å². The zero-order chi connectivity index (χ0) is 21.0. The van der Waals surface area contributed by atoms with Crippen molar-refractivity contribution in [2.45, 2.75) is 31.2 Å². The predicted molar refractivity (Wildman–Crippen MR) is 113 cm³/mol. The molecule has 0 aliphatic carbocycles. The molecule has 156 valence electrons. The van der Waals surface area contributed by atoms with E-state index in [0.717, 1.165) is 5.69 Å². The van der Waals surface area contributed by atoms with Gasteiger partial charge < -0.3 is 14.9 Å². The molecule has 8 heteroatoms. The molecule has 2 aromatic rings. The van der Waals surface area contributed by atoms with Crippen molar-refractivity contribution < 1.29 is 18.3 Å². The van der Waals surface area contributed by atoms with E-state index in [2.05, 4.69) is 9.62 Å². The number of amides is 1. The fourth-order valence-electron chi connectivity index (χ4n) is 3.26. The van der Waals surface area contributed by atoms with Crippen molar-refractivity contribution in [1.29, 1.82) is 0 Å². The van der Waals surface area contributed by atoms with Crippen LogP contribution in [0.2, 0.25) is 0 Å². The van der Waals surface area contributed by atoms with Gasteiger partial charge in [-0.1, -0.05) is 19.1 Å². The number of nitrogens with zero attached hydrogens (tertiary/aromatic N) is 2. The molecule has 0 spiro atoms. The first kappa shape index (κ1) is 21.1. The van der Waals surface area contributed by atoms with Crippen LogP contribution >= 0.6 is 0 Å². The van der Waals surface area contributed by atoms with E-state index in [1.807, 2.05) is 26.0 Å². The average Bonchev–Trinajstić information content (AvgIpc) is 2.73. The van der Waals surface area contributed by atoms with Crippen LogP contribution in [0.5, 0.6) is 5.75 Å². The maximum absolute atomic E-state index is 12.8. The van der Waals surface area contributed by atoms with Gasteiger partial charge in [-0.2, -0.15) is 0 Å². The van der Waals surface area contributed by atoms with Crippen LogP contribution in [-0.4, -0.2) is 56.6 Å². The van der Waals surface area contributed by atoms with Crippen LogP contribution < -0.4 is 9.62 Å². The normalized spacial score (nSPS) is 15.9. The standard InChI is InChI=1S/C21H27N3O4S/c1-3-16(2)22-29(27,28)18-10-8-17(9-11-18)21(26)24-14-12-23(13-15-24)19-6-4-5-7-20(19)25/h4-11,16,22,25H,3,12-15H2,1-2H3. The summed E-state index contributed by atoms with van der Waals surface area (Å²) in [4.78, 5) is 16.7. The number of anilines is 1. The number of piperazine rings is 1. The van der Waals surface area contributed by atoms with Gasteiger partial charge in [0.15, 0.2) is 0 Å². The van der Waals surface area contributed by atoms with E-state index in [-0.39, 0.29) is 22.6 Å². The first-order valence-electron chi connectivity index (χ1n) is 9.76. The summed E-state index contributed by atoms with van der Waals surface area (Å²) in [7, 11) is -3.59. The molecule has 2 aromatic carbocycles. The van der Waals surface area contributed by atoms with Crippen LogP contribution in [0.3, 0.4) is 0 Å². The Kier molecular flexibility index (Phi) is 6.44. The lowest BCUT2D eigenvalue weighted by Crippen LogP contribution is -2.48. The maximum atomic E-state index is 12.8. The summed E-state index contributed by atoms with van der Waals surface area (Å²) in [6.07, 6.45) is 0.697. The molecule has 0 bridgehead atoms. The number of aromatic hydroxyl groups is 1. The molecule has 1 atom stereocenters. The van der Waals surface area contributed by atoms with Crippen molar-refractivity contribution in [1.82, 2.24) is 9.62 Å². The fraction of sp³-hybridized carbons (Fsp3) is 0.381. The summed E-state index contributed by atoms with van der Waals surface area (Å²) in [5, 5.41) is 10.0. The largest absolute Gasteiger partial charge is 0.506 e. The third-order valence-corrected chi connectivity index (χ3v) is 6.78. The Morgan fingerprint density at radius 3 is 2.28 bits per heavy atom. The smallest absolute Gasteiger partial charge is 0.253 e. The van der Waals surface area contributed by atoms with Crippen molar-refractivity contribution in [3.05, 3.63) is 54.1 Å². The minimum Gasteiger partial charge on any atom is -0.506 e. The number of phenolic OH excluding ortho intramolecular Hbond substituents is 1.